The van der Waals surface area contributed by atoms with E-state index in [1.54, 1.807) is 0 Å². The van der Waals surface area contributed by atoms with Crippen LogP contribution in [0.2, 0.25) is 0 Å². The van der Waals surface area contributed by atoms with Crippen molar-refractivity contribution in [2.45, 2.75) is 37.8 Å². The SMILES string of the molecule is CN(CCn1cccn1)C1(CN)CCCC1. The summed E-state index contributed by atoms with van der Waals surface area (Å²) < 4.78 is 1.98. The maximum absolute atomic E-state index is 5.95. The highest BCUT2D eigenvalue weighted by atomic mass is 15.3. The molecular weight excluding hydrogens is 200 g/mol. The molecule has 2 N–H and O–H groups in total. The second-order valence-corrected chi connectivity index (χ2v) is 4.83. The molecule has 16 heavy (non-hydrogen) atoms. The average Bonchev–Trinajstić information content (AvgIpc) is 2.97. The zero-order valence-electron chi connectivity index (χ0n) is 10.1. The van der Waals surface area contributed by atoms with Crippen LogP contribution in [0.5, 0.6) is 0 Å². The highest BCUT2D eigenvalue weighted by Crippen LogP contribution is 2.33. The van der Waals surface area contributed by atoms with Crippen LogP contribution in [-0.2, 0) is 6.54 Å². The molecule has 4 heteroatoms. The molecule has 1 fully saturated rings. The third kappa shape index (κ3) is 2.28. The van der Waals surface area contributed by atoms with Crippen molar-refractivity contribution in [1.29, 1.82) is 0 Å². The fraction of sp³-hybridized carbons (Fsp3) is 0.750. The van der Waals surface area contributed by atoms with Gasteiger partial charge in [-0.1, -0.05) is 12.8 Å². The summed E-state index contributed by atoms with van der Waals surface area (Å²) in [6, 6.07) is 1.97. The smallest absolute Gasteiger partial charge is 0.0536 e. The molecule has 0 aliphatic heterocycles. The lowest BCUT2D eigenvalue weighted by atomic mass is 9.96. The van der Waals surface area contributed by atoms with Gasteiger partial charge in [0.1, 0.15) is 0 Å². The second kappa shape index (κ2) is 4.97. The van der Waals surface area contributed by atoms with Crippen LogP contribution in [0.3, 0.4) is 0 Å². The number of hydrogen-bond acceptors (Lipinski definition) is 3. The Labute approximate surface area is 97.4 Å². The molecule has 0 bridgehead atoms. The van der Waals surface area contributed by atoms with Gasteiger partial charge < -0.3 is 5.73 Å². The van der Waals surface area contributed by atoms with Gasteiger partial charge in [-0.3, -0.25) is 9.58 Å². The second-order valence-electron chi connectivity index (χ2n) is 4.83. The van der Waals surface area contributed by atoms with Crippen LogP contribution in [-0.4, -0.2) is 40.4 Å². The van der Waals surface area contributed by atoms with E-state index in [0.29, 0.717) is 0 Å². The Morgan fingerprint density at radius 1 is 1.44 bits per heavy atom. The summed E-state index contributed by atoms with van der Waals surface area (Å²) in [7, 11) is 2.20. The van der Waals surface area contributed by atoms with E-state index >= 15 is 0 Å². The van der Waals surface area contributed by atoms with Crippen molar-refractivity contribution >= 4 is 0 Å². The van der Waals surface area contributed by atoms with Crippen molar-refractivity contribution in [2.75, 3.05) is 20.1 Å². The fourth-order valence-electron chi connectivity index (χ4n) is 2.70. The molecule has 0 radical (unpaired) electrons. The van der Waals surface area contributed by atoms with Crippen LogP contribution >= 0.6 is 0 Å². The average molecular weight is 222 g/mol. The van der Waals surface area contributed by atoms with E-state index in [4.69, 9.17) is 5.73 Å². The maximum atomic E-state index is 5.95. The Morgan fingerprint density at radius 3 is 2.75 bits per heavy atom. The third-order valence-corrected chi connectivity index (χ3v) is 3.95. The van der Waals surface area contributed by atoms with Crippen molar-refractivity contribution in [3.8, 4) is 0 Å². The number of rotatable bonds is 5. The molecule has 1 saturated carbocycles. The molecule has 90 valence electrons. The Hall–Kier alpha value is -0.870. The first-order valence-electron chi connectivity index (χ1n) is 6.16. The number of aromatic nitrogens is 2. The van der Waals surface area contributed by atoms with E-state index < -0.39 is 0 Å². The first kappa shape index (κ1) is 11.6. The van der Waals surface area contributed by atoms with Crippen molar-refractivity contribution < 1.29 is 0 Å². The summed E-state index contributed by atoms with van der Waals surface area (Å²) in [6.45, 7) is 2.76. The molecule has 1 heterocycles. The van der Waals surface area contributed by atoms with Gasteiger partial charge in [-0.05, 0) is 26.0 Å². The number of nitrogens with zero attached hydrogens (tertiary/aromatic N) is 3. The van der Waals surface area contributed by atoms with Crippen LogP contribution in [0.15, 0.2) is 18.5 Å². The van der Waals surface area contributed by atoms with Crippen LogP contribution in [0.1, 0.15) is 25.7 Å². The molecule has 1 aliphatic rings. The normalized spacial score (nSPS) is 19.4. The molecule has 4 nitrogen and oxygen atoms in total. The molecular formula is C12H22N4. The van der Waals surface area contributed by atoms with Gasteiger partial charge in [0.25, 0.3) is 0 Å². The first-order valence-corrected chi connectivity index (χ1v) is 6.16. The number of nitrogens with two attached hydrogens (primary N) is 1. The summed E-state index contributed by atoms with van der Waals surface area (Å²) >= 11 is 0. The van der Waals surface area contributed by atoms with Gasteiger partial charge in [0.05, 0.1) is 6.54 Å². The van der Waals surface area contributed by atoms with E-state index in [2.05, 4.69) is 17.0 Å². The topological polar surface area (TPSA) is 47.1 Å². The van der Waals surface area contributed by atoms with Gasteiger partial charge >= 0.3 is 0 Å². The van der Waals surface area contributed by atoms with Crippen LogP contribution in [0.25, 0.3) is 0 Å². The fourth-order valence-corrected chi connectivity index (χ4v) is 2.70. The summed E-state index contributed by atoms with van der Waals surface area (Å²) in [4.78, 5) is 2.43. The van der Waals surface area contributed by atoms with Crippen LogP contribution in [0, 0.1) is 0 Å². The first-order chi connectivity index (χ1) is 7.77. The van der Waals surface area contributed by atoms with Gasteiger partial charge in [-0.15, -0.1) is 0 Å². The van der Waals surface area contributed by atoms with Crippen molar-refractivity contribution in [1.82, 2.24) is 14.7 Å². The molecule has 0 amide bonds. The minimum Gasteiger partial charge on any atom is -0.329 e. The summed E-state index contributed by atoms with van der Waals surface area (Å²) in [5, 5.41) is 4.22. The quantitative estimate of drug-likeness (QED) is 0.811. The molecule has 2 rings (SSSR count). The van der Waals surface area contributed by atoms with Crippen molar-refractivity contribution in [3.05, 3.63) is 18.5 Å². The van der Waals surface area contributed by atoms with E-state index in [1.807, 2.05) is 23.1 Å². The van der Waals surface area contributed by atoms with E-state index in [-0.39, 0.29) is 5.54 Å². The summed E-state index contributed by atoms with van der Waals surface area (Å²) in [6.07, 6.45) is 8.98. The zero-order valence-corrected chi connectivity index (χ0v) is 10.1. The van der Waals surface area contributed by atoms with E-state index in [1.165, 1.54) is 25.7 Å². The molecule has 1 aromatic rings. The highest BCUT2D eigenvalue weighted by Gasteiger charge is 2.35. The molecule has 0 saturated heterocycles. The highest BCUT2D eigenvalue weighted by molar-refractivity contribution is 4.94. The predicted octanol–water partition coefficient (Wildman–Crippen LogP) is 1.09. The Balaban J connectivity index is 1.89. The Bertz CT molecular complexity index is 301. The zero-order chi connectivity index (χ0) is 11.4. The molecule has 0 unspecified atom stereocenters. The van der Waals surface area contributed by atoms with Gasteiger partial charge in [0, 0.05) is 31.0 Å². The molecule has 1 aromatic heterocycles. The Kier molecular flexibility index (Phi) is 3.61. The van der Waals surface area contributed by atoms with Gasteiger partial charge in [-0.25, -0.2) is 0 Å². The van der Waals surface area contributed by atoms with Crippen LogP contribution < -0.4 is 5.73 Å². The standard InChI is InChI=1S/C12H22N4/c1-15(9-10-16-8-4-7-14-16)12(11-13)5-2-3-6-12/h4,7-8H,2-3,5-6,9-11,13H2,1H3. The summed E-state index contributed by atoms with van der Waals surface area (Å²) in [5.41, 5.74) is 6.21. The van der Waals surface area contributed by atoms with Crippen molar-refractivity contribution in [2.24, 2.45) is 5.73 Å². The summed E-state index contributed by atoms with van der Waals surface area (Å²) in [5.74, 6) is 0. The van der Waals surface area contributed by atoms with Gasteiger partial charge in [-0.2, -0.15) is 5.10 Å². The minimum atomic E-state index is 0.257. The molecule has 0 spiro atoms. The third-order valence-electron chi connectivity index (χ3n) is 3.95. The van der Waals surface area contributed by atoms with Crippen molar-refractivity contribution in [3.63, 3.8) is 0 Å². The Morgan fingerprint density at radius 2 is 2.19 bits per heavy atom. The maximum Gasteiger partial charge on any atom is 0.0536 e. The number of hydrogen-bond donors (Lipinski definition) is 1. The predicted molar refractivity (Wildman–Crippen MR) is 65.1 cm³/mol. The minimum absolute atomic E-state index is 0.257. The monoisotopic (exact) mass is 222 g/mol. The van der Waals surface area contributed by atoms with E-state index in [9.17, 15) is 0 Å². The lowest BCUT2D eigenvalue weighted by molar-refractivity contribution is 0.125. The van der Waals surface area contributed by atoms with Crippen LogP contribution in [0.4, 0.5) is 0 Å². The molecule has 0 atom stereocenters. The molecule has 0 aromatic carbocycles. The van der Waals surface area contributed by atoms with E-state index in [0.717, 1.165) is 19.6 Å². The lowest BCUT2D eigenvalue weighted by Gasteiger charge is -2.38. The van der Waals surface area contributed by atoms with Gasteiger partial charge in [0.15, 0.2) is 0 Å². The number of likely N-dealkylation sites (N-methyl/N-ethyl adjacent to an activating group) is 1. The largest absolute Gasteiger partial charge is 0.329 e. The molecule has 1 aliphatic carbocycles. The lowest BCUT2D eigenvalue weighted by Crippen LogP contribution is -2.50. The van der Waals surface area contributed by atoms with Gasteiger partial charge in [0.2, 0.25) is 0 Å².